The van der Waals surface area contributed by atoms with Crippen LogP contribution < -0.4 is 5.73 Å². The topological polar surface area (TPSA) is 52.3 Å². The van der Waals surface area contributed by atoms with E-state index in [1.807, 2.05) is 0 Å². The van der Waals surface area contributed by atoms with E-state index < -0.39 is 0 Å². The van der Waals surface area contributed by atoms with E-state index in [0.29, 0.717) is 19.1 Å². The van der Waals surface area contributed by atoms with Crippen molar-refractivity contribution >= 4 is 5.97 Å². The Bertz CT molecular complexity index is 240. The maximum absolute atomic E-state index is 12.1. The van der Waals surface area contributed by atoms with Gasteiger partial charge in [-0.1, -0.05) is 25.7 Å². The highest BCUT2D eigenvalue weighted by Gasteiger charge is 2.39. The van der Waals surface area contributed by atoms with Crippen LogP contribution in [0.2, 0.25) is 0 Å². The Balaban J connectivity index is 1.90. The molecular weight excluding hydrogens is 202 g/mol. The predicted molar refractivity (Wildman–Crippen MR) is 62.9 cm³/mol. The Morgan fingerprint density at radius 2 is 1.81 bits per heavy atom. The van der Waals surface area contributed by atoms with Crippen LogP contribution in [0.3, 0.4) is 0 Å². The Hall–Kier alpha value is -0.570. The first kappa shape index (κ1) is 11.9. The molecule has 92 valence electrons. The predicted octanol–water partition coefficient (Wildman–Crippen LogP) is 2.24. The Morgan fingerprint density at radius 1 is 1.19 bits per heavy atom. The summed E-state index contributed by atoms with van der Waals surface area (Å²) < 4.78 is 5.44. The third-order valence-electron chi connectivity index (χ3n) is 4.03. The van der Waals surface area contributed by atoms with Crippen molar-refractivity contribution in [2.45, 2.75) is 51.4 Å². The molecule has 16 heavy (non-hydrogen) atoms. The van der Waals surface area contributed by atoms with Crippen LogP contribution >= 0.6 is 0 Å². The van der Waals surface area contributed by atoms with Gasteiger partial charge in [0.25, 0.3) is 0 Å². The second kappa shape index (κ2) is 5.17. The van der Waals surface area contributed by atoms with Crippen LogP contribution in [0.15, 0.2) is 0 Å². The Morgan fingerprint density at radius 3 is 2.31 bits per heavy atom. The SMILES string of the molecule is NCC1(C(=O)OCC2CC2)CCCCCC1. The minimum atomic E-state index is -0.356. The lowest BCUT2D eigenvalue weighted by Gasteiger charge is -2.28. The van der Waals surface area contributed by atoms with Crippen molar-refractivity contribution in [1.29, 1.82) is 0 Å². The molecule has 0 unspecified atom stereocenters. The summed E-state index contributed by atoms with van der Waals surface area (Å²) in [6.45, 7) is 1.08. The van der Waals surface area contributed by atoms with Gasteiger partial charge in [0.2, 0.25) is 0 Å². The molecule has 0 radical (unpaired) electrons. The quantitative estimate of drug-likeness (QED) is 0.589. The molecule has 0 saturated heterocycles. The van der Waals surface area contributed by atoms with Gasteiger partial charge in [-0.3, -0.25) is 4.79 Å². The maximum Gasteiger partial charge on any atom is 0.313 e. The standard InChI is InChI=1S/C13H23NO2/c14-10-13(7-3-1-2-4-8-13)12(15)16-9-11-5-6-11/h11H,1-10,14H2. The molecular formula is C13H23NO2. The van der Waals surface area contributed by atoms with Crippen LogP contribution in [0, 0.1) is 11.3 Å². The number of nitrogens with two attached hydrogens (primary N) is 1. The number of hydrogen-bond donors (Lipinski definition) is 1. The van der Waals surface area contributed by atoms with E-state index in [9.17, 15) is 4.79 Å². The van der Waals surface area contributed by atoms with Crippen LogP contribution in [0.5, 0.6) is 0 Å². The zero-order valence-electron chi connectivity index (χ0n) is 10.0. The summed E-state index contributed by atoms with van der Waals surface area (Å²) in [5, 5.41) is 0. The lowest BCUT2D eigenvalue weighted by Crippen LogP contribution is -2.40. The first-order chi connectivity index (χ1) is 7.77. The highest BCUT2D eigenvalue weighted by Crippen LogP contribution is 2.36. The van der Waals surface area contributed by atoms with E-state index >= 15 is 0 Å². The molecule has 0 amide bonds. The van der Waals surface area contributed by atoms with Crippen molar-refractivity contribution in [1.82, 2.24) is 0 Å². The number of carbonyl (C=O) groups excluding carboxylic acids is 1. The zero-order chi connectivity index (χ0) is 11.4. The molecule has 0 atom stereocenters. The van der Waals surface area contributed by atoms with Gasteiger partial charge in [0, 0.05) is 6.54 Å². The highest BCUT2D eigenvalue weighted by molar-refractivity contribution is 5.77. The van der Waals surface area contributed by atoms with E-state index in [1.165, 1.54) is 25.7 Å². The van der Waals surface area contributed by atoms with Gasteiger partial charge in [-0.05, 0) is 31.6 Å². The fourth-order valence-electron chi connectivity index (χ4n) is 2.53. The second-order valence-electron chi connectivity index (χ2n) is 5.44. The van der Waals surface area contributed by atoms with Gasteiger partial charge >= 0.3 is 5.97 Å². The largest absolute Gasteiger partial charge is 0.465 e. The fraction of sp³-hybridized carbons (Fsp3) is 0.923. The van der Waals surface area contributed by atoms with E-state index in [0.717, 1.165) is 25.7 Å². The Labute approximate surface area is 97.7 Å². The van der Waals surface area contributed by atoms with Gasteiger partial charge in [0.1, 0.15) is 0 Å². The molecule has 0 aliphatic heterocycles. The molecule has 2 rings (SSSR count). The first-order valence-electron chi connectivity index (χ1n) is 6.64. The molecule has 0 aromatic heterocycles. The lowest BCUT2D eigenvalue weighted by molar-refractivity contribution is -0.156. The number of ether oxygens (including phenoxy) is 1. The molecule has 2 N–H and O–H groups in total. The first-order valence-corrected chi connectivity index (χ1v) is 6.64. The lowest BCUT2D eigenvalue weighted by atomic mass is 9.80. The molecule has 2 saturated carbocycles. The van der Waals surface area contributed by atoms with Crippen molar-refractivity contribution in [3.05, 3.63) is 0 Å². The van der Waals surface area contributed by atoms with Gasteiger partial charge in [-0.15, -0.1) is 0 Å². The maximum atomic E-state index is 12.1. The van der Waals surface area contributed by atoms with Crippen molar-refractivity contribution in [3.8, 4) is 0 Å². The van der Waals surface area contributed by atoms with Crippen molar-refractivity contribution < 1.29 is 9.53 Å². The van der Waals surface area contributed by atoms with Crippen LogP contribution in [0.25, 0.3) is 0 Å². The minimum absolute atomic E-state index is 0.0243. The molecule has 2 aliphatic rings. The van der Waals surface area contributed by atoms with Crippen LogP contribution in [-0.4, -0.2) is 19.1 Å². The van der Waals surface area contributed by atoms with Crippen LogP contribution in [0.1, 0.15) is 51.4 Å². The summed E-state index contributed by atoms with van der Waals surface area (Å²) >= 11 is 0. The summed E-state index contributed by atoms with van der Waals surface area (Å²) in [4.78, 5) is 12.1. The molecule has 2 aliphatic carbocycles. The van der Waals surface area contributed by atoms with Gasteiger partial charge in [-0.25, -0.2) is 0 Å². The van der Waals surface area contributed by atoms with Crippen molar-refractivity contribution in [2.75, 3.05) is 13.2 Å². The molecule has 3 nitrogen and oxygen atoms in total. The average Bonchev–Trinajstić information content (AvgIpc) is 3.13. The molecule has 2 fully saturated rings. The van der Waals surface area contributed by atoms with Gasteiger partial charge in [0.15, 0.2) is 0 Å². The number of rotatable bonds is 4. The normalized spacial score (nSPS) is 24.8. The summed E-state index contributed by atoms with van der Waals surface area (Å²) in [7, 11) is 0. The van der Waals surface area contributed by atoms with Gasteiger partial charge in [-0.2, -0.15) is 0 Å². The average molecular weight is 225 g/mol. The smallest absolute Gasteiger partial charge is 0.313 e. The van der Waals surface area contributed by atoms with Gasteiger partial charge < -0.3 is 10.5 Å². The number of carbonyl (C=O) groups is 1. The fourth-order valence-corrected chi connectivity index (χ4v) is 2.53. The molecule has 3 heteroatoms. The van der Waals surface area contributed by atoms with E-state index in [-0.39, 0.29) is 11.4 Å². The third kappa shape index (κ3) is 2.76. The van der Waals surface area contributed by atoms with Crippen LogP contribution in [0.4, 0.5) is 0 Å². The second-order valence-corrected chi connectivity index (χ2v) is 5.44. The van der Waals surface area contributed by atoms with Crippen molar-refractivity contribution in [2.24, 2.45) is 17.1 Å². The van der Waals surface area contributed by atoms with E-state index in [1.54, 1.807) is 0 Å². The zero-order valence-corrected chi connectivity index (χ0v) is 10.0. The monoisotopic (exact) mass is 225 g/mol. The number of esters is 1. The summed E-state index contributed by atoms with van der Waals surface area (Å²) in [5.41, 5.74) is 5.47. The molecule has 0 aromatic carbocycles. The molecule has 0 spiro atoms. The highest BCUT2D eigenvalue weighted by atomic mass is 16.5. The molecule has 0 bridgehead atoms. The summed E-state index contributed by atoms with van der Waals surface area (Å²) in [6.07, 6.45) is 9.01. The van der Waals surface area contributed by atoms with Crippen molar-refractivity contribution in [3.63, 3.8) is 0 Å². The molecule has 0 heterocycles. The van der Waals surface area contributed by atoms with E-state index in [4.69, 9.17) is 10.5 Å². The summed E-state index contributed by atoms with van der Waals surface area (Å²) in [6, 6.07) is 0. The van der Waals surface area contributed by atoms with Gasteiger partial charge in [0.05, 0.1) is 12.0 Å². The van der Waals surface area contributed by atoms with Crippen LogP contribution in [-0.2, 0) is 9.53 Å². The Kier molecular flexibility index (Phi) is 3.85. The van der Waals surface area contributed by atoms with E-state index in [2.05, 4.69) is 0 Å². The number of hydrogen-bond acceptors (Lipinski definition) is 3. The third-order valence-corrected chi connectivity index (χ3v) is 4.03. The summed E-state index contributed by atoms with van der Waals surface area (Å²) in [5.74, 6) is 0.619. The molecule has 0 aromatic rings. The minimum Gasteiger partial charge on any atom is -0.465 e.